The van der Waals surface area contributed by atoms with Crippen molar-refractivity contribution in [1.82, 2.24) is 19.7 Å². The van der Waals surface area contributed by atoms with Crippen molar-refractivity contribution in [3.05, 3.63) is 10.6 Å². The summed E-state index contributed by atoms with van der Waals surface area (Å²) in [6.45, 7) is 3.09. The smallest absolute Gasteiger partial charge is 0.195 e. The highest BCUT2D eigenvalue weighted by Crippen LogP contribution is 2.35. The second kappa shape index (κ2) is 4.90. The van der Waals surface area contributed by atoms with Crippen LogP contribution in [-0.4, -0.2) is 39.3 Å². The molecule has 1 aromatic heterocycles. The molecule has 0 aliphatic heterocycles. The van der Waals surface area contributed by atoms with Crippen molar-refractivity contribution in [3.63, 3.8) is 0 Å². The van der Waals surface area contributed by atoms with Crippen molar-refractivity contribution >= 4 is 12.2 Å². The molecule has 0 spiro atoms. The van der Waals surface area contributed by atoms with Gasteiger partial charge in [-0.2, -0.15) is 5.10 Å². The SMILES string of the molecule is CCc1n[nH]c(=S)n1CC1(N(C)C)CCCC1. The van der Waals surface area contributed by atoms with Crippen molar-refractivity contribution in [2.75, 3.05) is 14.1 Å². The van der Waals surface area contributed by atoms with Gasteiger partial charge < -0.3 is 9.47 Å². The Balaban J connectivity index is 2.29. The summed E-state index contributed by atoms with van der Waals surface area (Å²) >= 11 is 5.34. The van der Waals surface area contributed by atoms with E-state index in [-0.39, 0.29) is 5.54 Å². The molecule has 2 rings (SSSR count). The van der Waals surface area contributed by atoms with E-state index in [1.54, 1.807) is 0 Å². The van der Waals surface area contributed by atoms with Gasteiger partial charge in [0, 0.05) is 18.5 Å². The third-order valence-corrected chi connectivity index (χ3v) is 4.40. The third kappa shape index (κ3) is 2.31. The topological polar surface area (TPSA) is 36.9 Å². The number of nitrogens with zero attached hydrogens (tertiary/aromatic N) is 3. The fourth-order valence-electron chi connectivity index (χ4n) is 2.86. The lowest BCUT2D eigenvalue weighted by Crippen LogP contribution is -2.45. The van der Waals surface area contributed by atoms with Crippen LogP contribution in [0.2, 0.25) is 0 Å². The van der Waals surface area contributed by atoms with E-state index in [2.05, 4.69) is 40.7 Å². The minimum absolute atomic E-state index is 0.270. The minimum atomic E-state index is 0.270. The summed E-state index contributed by atoms with van der Waals surface area (Å²) in [6, 6.07) is 0. The number of hydrogen-bond donors (Lipinski definition) is 1. The fraction of sp³-hybridized carbons (Fsp3) is 0.833. The molecule has 5 heteroatoms. The number of hydrogen-bond acceptors (Lipinski definition) is 3. The molecule has 1 N–H and O–H groups in total. The van der Waals surface area contributed by atoms with Gasteiger partial charge >= 0.3 is 0 Å². The van der Waals surface area contributed by atoms with Gasteiger partial charge in [-0.3, -0.25) is 5.10 Å². The Bertz CT molecular complexity index is 426. The molecule has 1 fully saturated rings. The lowest BCUT2D eigenvalue weighted by molar-refractivity contribution is 0.132. The first kappa shape index (κ1) is 12.8. The Kier molecular flexibility index (Phi) is 3.68. The van der Waals surface area contributed by atoms with Crippen molar-refractivity contribution < 1.29 is 0 Å². The van der Waals surface area contributed by atoms with Crippen LogP contribution in [0.4, 0.5) is 0 Å². The number of aromatic nitrogens is 3. The molecule has 1 aromatic rings. The summed E-state index contributed by atoms with van der Waals surface area (Å²) in [5, 5.41) is 7.21. The molecule has 0 amide bonds. The molecule has 17 heavy (non-hydrogen) atoms. The number of rotatable bonds is 4. The van der Waals surface area contributed by atoms with E-state index in [9.17, 15) is 0 Å². The van der Waals surface area contributed by atoms with Crippen molar-refractivity contribution in [2.24, 2.45) is 0 Å². The van der Waals surface area contributed by atoms with Crippen molar-refractivity contribution in [2.45, 2.75) is 51.1 Å². The predicted octanol–water partition coefficient (Wildman–Crippen LogP) is 2.38. The number of H-pyrrole nitrogens is 1. The molecule has 4 nitrogen and oxygen atoms in total. The Labute approximate surface area is 108 Å². The number of nitrogens with one attached hydrogen (secondary N) is 1. The van der Waals surface area contributed by atoms with Crippen LogP contribution >= 0.6 is 12.2 Å². The number of aryl methyl sites for hydroxylation is 1. The molecule has 1 saturated carbocycles. The second-order valence-electron chi connectivity index (χ2n) is 5.21. The maximum Gasteiger partial charge on any atom is 0.195 e. The molecule has 0 bridgehead atoms. The first-order chi connectivity index (χ1) is 8.09. The molecule has 0 unspecified atom stereocenters. The Morgan fingerprint density at radius 1 is 1.41 bits per heavy atom. The zero-order valence-corrected chi connectivity index (χ0v) is 11.8. The highest BCUT2D eigenvalue weighted by atomic mass is 32.1. The molecule has 96 valence electrons. The zero-order chi connectivity index (χ0) is 12.5. The van der Waals surface area contributed by atoms with Gasteiger partial charge in [0.25, 0.3) is 0 Å². The molecule has 1 heterocycles. The molecular formula is C12H22N4S. The highest BCUT2D eigenvalue weighted by Gasteiger charge is 2.36. The van der Waals surface area contributed by atoms with Gasteiger partial charge in [-0.15, -0.1) is 0 Å². The van der Waals surface area contributed by atoms with E-state index < -0.39 is 0 Å². The van der Waals surface area contributed by atoms with Crippen LogP contribution in [-0.2, 0) is 13.0 Å². The van der Waals surface area contributed by atoms with E-state index >= 15 is 0 Å². The van der Waals surface area contributed by atoms with Crippen molar-refractivity contribution in [3.8, 4) is 0 Å². The third-order valence-electron chi connectivity index (χ3n) is 4.09. The van der Waals surface area contributed by atoms with Crippen LogP contribution in [0.3, 0.4) is 0 Å². The van der Waals surface area contributed by atoms with E-state index in [1.165, 1.54) is 25.7 Å². The van der Waals surface area contributed by atoms with Gasteiger partial charge in [-0.1, -0.05) is 19.8 Å². The average Bonchev–Trinajstić information content (AvgIpc) is 2.89. The van der Waals surface area contributed by atoms with Gasteiger partial charge in [0.15, 0.2) is 4.77 Å². The van der Waals surface area contributed by atoms with Crippen LogP contribution in [0.25, 0.3) is 0 Å². The summed E-state index contributed by atoms with van der Waals surface area (Å²) in [5.41, 5.74) is 0.270. The molecule has 0 aromatic carbocycles. The number of aromatic amines is 1. The van der Waals surface area contributed by atoms with E-state index in [0.717, 1.165) is 23.6 Å². The first-order valence-corrected chi connectivity index (χ1v) is 6.81. The van der Waals surface area contributed by atoms with Gasteiger partial charge in [0.2, 0.25) is 0 Å². The van der Waals surface area contributed by atoms with Gasteiger partial charge in [0.05, 0.1) is 0 Å². The van der Waals surface area contributed by atoms with Crippen molar-refractivity contribution in [1.29, 1.82) is 0 Å². The van der Waals surface area contributed by atoms with E-state index in [4.69, 9.17) is 12.2 Å². The summed E-state index contributed by atoms with van der Waals surface area (Å²) in [6.07, 6.45) is 6.10. The van der Waals surface area contributed by atoms with Gasteiger partial charge in [-0.05, 0) is 39.2 Å². The predicted molar refractivity (Wildman–Crippen MR) is 71.7 cm³/mol. The lowest BCUT2D eigenvalue weighted by atomic mass is 9.96. The quantitative estimate of drug-likeness (QED) is 0.838. The molecule has 1 aliphatic rings. The summed E-state index contributed by atoms with van der Waals surface area (Å²) in [7, 11) is 4.36. The zero-order valence-electron chi connectivity index (χ0n) is 11.0. The Morgan fingerprint density at radius 3 is 2.59 bits per heavy atom. The summed E-state index contributed by atoms with van der Waals surface area (Å²) in [5.74, 6) is 1.07. The first-order valence-electron chi connectivity index (χ1n) is 6.40. The maximum absolute atomic E-state index is 5.34. The van der Waals surface area contributed by atoms with Gasteiger partial charge in [0.1, 0.15) is 5.82 Å². The summed E-state index contributed by atoms with van der Waals surface area (Å²) in [4.78, 5) is 2.37. The van der Waals surface area contributed by atoms with Crippen LogP contribution in [0.15, 0.2) is 0 Å². The van der Waals surface area contributed by atoms with Crippen LogP contribution in [0, 0.1) is 4.77 Å². The van der Waals surface area contributed by atoms with Crippen LogP contribution < -0.4 is 0 Å². The Hall–Kier alpha value is -0.680. The molecule has 1 aliphatic carbocycles. The molecule has 0 saturated heterocycles. The van der Waals surface area contributed by atoms with E-state index in [0.29, 0.717) is 0 Å². The van der Waals surface area contributed by atoms with E-state index in [1.807, 2.05) is 0 Å². The van der Waals surface area contributed by atoms with Crippen LogP contribution in [0.5, 0.6) is 0 Å². The van der Waals surface area contributed by atoms with Crippen LogP contribution in [0.1, 0.15) is 38.4 Å². The molecule has 0 atom stereocenters. The standard InChI is InChI=1S/C12H22N4S/c1-4-10-13-14-11(17)16(10)9-12(15(2)3)7-5-6-8-12/h4-9H2,1-3H3,(H,14,17). The highest BCUT2D eigenvalue weighted by molar-refractivity contribution is 7.71. The number of likely N-dealkylation sites (N-methyl/N-ethyl adjacent to an activating group) is 1. The monoisotopic (exact) mass is 254 g/mol. The Morgan fingerprint density at radius 2 is 2.06 bits per heavy atom. The maximum atomic E-state index is 5.34. The van der Waals surface area contributed by atoms with Gasteiger partial charge in [-0.25, -0.2) is 0 Å². The molecule has 0 radical (unpaired) electrons. The largest absolute Gasteiger partial charge is 0.302 e. The minimum Gasteiger partial charge on any atom is -0.302 e. The second-order valence-corrected chi connectivity index (χ2v) is 5.60. The normalized spacial score (nSPS) is 19.1. The lowest BCUT2D eigenvalue weighted by Gasteiger charge is -2.36. The fourth-order valence-corrected chi connectivity index (χ4v) is 3.07. The molecular weight excluding hydrogens is 232 g/mol. The average molecular weight is 254 g/mol. The summed E-state index contributed by atoms with van der Waals surface area (Å²) < 4.78 is 2.94.